The van der Waals surface area contributed by atoms with Crippen LogP contribution in [0.4, 0.5) is 5.13 Å². The van der Waals surface area contributed by atoms with Gasteiger partial charge >= 0.3 is 5.97 Å². The van der Waals surface area contributed by atoms with E-state index in [9.17, 15) is 14.7 Å². The van der Waals surface area contributed by atoms with Crippen molar-refractivity contribution < 1.29 is 14.7 Å². The molecule has 1 aromatic heterocycles. The van der Waals surface area contributed by atoms with E-state index in [0.717, 1.165) is 11.1 Å². The Morgan fingerprint density at radius 2 is 1.82 bits per heavy atom. The van der Waals surface area contributed by atoms with Crippen molar-refractivity contribution in [3.63, 3.8) is 0 Å². The first-order valence-electron chi connectivity index (χ1n) is 8.80. The van der Waals surface area contributed by atoms with Gasteiger partial charge in [0.15, 0.2) is 5.13 Å². The van der Waals surface area contributed by atoms with E-state index < -0.39 is 11.9 Å². The van der Waals surface area contributed by atoms with Gasteiger partial charge in [-0.05, 0) is 24.5 Å². The fourth-order valence-electron chi connectivity index (χ4n) is 2.85. The van der Waals surface area contributed by atoms with Crippen molar-refractivity contribution in [3.05, 3.63) is 70.6 Å². The fraction of sp³-hybridized carbons (Fsp3) is 0.190. The number of carboxylic acid groups (broad SMARTS) is 1. The van der Waals surface area contributed by atoms with Gasteiger partial charge < -0.3 is 10.4 Å². The van der Waals surface area contributed by atoms with Crippen molar-refractivity contribution in [2.75, 3.05) is 5.32 Å². The number of aromatic nitrogens is 1. The Labute approximate surface area is 172 Å². The van der Waals surface area contributed by atoms with Gasteiger partial charge in [0.05, 0.1) is 12.1 Å². The SMILES string of the molecule is O=C(O)C[C@@H](CCc1ccccc1)C(=O)Nc1nc(-c2ccccc2Cl)cs1. The van der Waals surface area contributed by atoms with Crippen molar-refractivity contribution in [1.82, 2.24) is 4.98 Å². The number of aliphatic carboxylic acids is 1. The molecule has 7 heteroatoms. The number of hydrogen-bond donors (Lipinski definition) is 2. The van der Waals surface area contributed by atoms with Gasteiger partial charge in [-0.25, -0.2) is 4.98 Å². The van der Waals surface area contributed by atoms with Gasteiger partial charge in [0.2, 0.25) is 5.91 Å². The highest BCUT2D eigenvalue weighted by molar-refractivity contribution is 7.14. The van der Waals surface area contributed by atoms with E-state index in [-0.39, 0.29) is 12.3 Å². The van der Waals surface area contributed by atoms with Crippen LogP contribution in [0.15, 0.2) is 60.0 Å². The van der Waals surface area contributed by atoms with Crippen LogP contribution in [0.1, 0.15) is 18.4 Å². The van der Waals surface area contributed by atoms with E-state index in [0.29, 0.717) is 28.7 Å². The number of anilines is 1. The van der Waals surface area contributed by atoms with Gasteiger partial charge in [0.25, 0.3) is 0 Å². The number of thiazole rings is 1. The molecular formula is C21H19ClN2O3S. The molecule has 0 unspecified atom stereocenters. The Morgan fingerprint density at radius 1 is 1.11 bits per heavy atom. The Morgan fingerprint density at radius 3 is 2.54 bits per heavy atom. The van der Waals surface area contributed by atoms with E-state index in [4.69, 9.17) is 11.6 Å². The number of amides is 1. The number of carboxylic acids is 1. The molecule has 0 aliphatic rings. The highest BCUT2D eigenvalue weighted by atomic mass is 35.5. The second kappa shape index (κ2) is 9.48. The molecule has 2 N–H and O–H groups in total. The third kappa shape index (κ3) is 5.41. The van der Waals surface area contributed by atoms with Crippen molar-refractivity contribution in [1.29, 1.82) is 0 Å². The Balaban J connectivity index is 1.68. The Bertz CT molecular complexity index is 959. The summed E-state index contributed by atoms with van der Waals surface area (Å²) in [6, 6.07) is 17.0. The maximum absolute atomic E-state index is 12.6. The average Bonchev–Trinajstić information content (AvgIpc) is 3.14. The highest BCUT2D eigenvalue weighted by Gasteiger charge is 2.23. The molecule has 0 spiro atoms. The molecule has 1 heterocycles. The summed E-state index contributed by atoms with van der Waals surface area (Å²) in [5, 5.41) is 14.7. The number of halogens is 1. The standard InChI is InChI=1S/C21H19ClN2O3S/c22-17-9-5-4-8-16(17)18-13-28-21(23-18)24-20(27)15(12-19(25)26)11-10-14-6-2-1-3-7-14/h1-9,13,15H,10-12H2,(H,25,26)(H,23,24,27)/t15-/m1/s1. The number of carbonyl (C=O) groups excluding carboxylic acids is 1. The number of carbonyl (C=O) groups is 2. The molecule has 5 nitrogen and oxygen atoms in total. The molecule has 0 aliphatic carbocycles. The van der Waals surface area contributed by atoms with Crippen LogP contribution in [0, 0.1) is 5.92 Å². The summed E-state index contributed by atoms with van der Waals surface area (Å²) in [5.74, 6) is -1.96. The van der Waals surface area contributed by atoms with Gasteiger partial charge in [-0.2, -0.15) is 0 Å². The molecule has 0 radical (unpaired) electrons. The lowest BCUT2D eigenvalue weighted by atomic mass is 9.95. The minimum absolute atomic E-state index is 0.221. The first-order valence-corrected chi connectivity index (χ1v) is 10.1. The van der Waals surface area contributed by atoms with Crippen molar-refractivity contribution in [2.45, 2.75) is 19.3 Å². The van der Waals surface area contributed by atoms with Gasteiger partial charge in [0.1, 0.15) is 0 Å². The van der Waals surface area contributed by atoms with Gasteiger partial charge in [-0.3, -0.25) is 9.59 Å². The molecule has 0 saturated heterocycles. The largest absolute Gasteiger partial charge is 0.481 e. The smallest absolute Gasteiger partial charge is 0.304 e. The van der Waals surface area contributed by atoms with Crippen LogP contribution in [-0.2, 0) is 16.0 Å². The molecule has 0 aliphatic heterocycles. The van der Waals surface area contributed by atoms with E-state index in [1.807, 2.05) is 53.9 Å². The van der Waals surface area contributed by atoms with E-state index in [1.165, 1.54) is 11.3 Å². The van der Waals surface area contributed by atoms with E-state index in [2.05, 4.69) is 10.3 Å². The van der Waals surface area contributed by atoms with Crippen molar-refractivity contribution >= 4 is 39.9 Å². The number of aryl methyl sites for hydroxylation is 1. The summed E-state index contributed by atoms with van der Waals surface area (Å²) >= 11 is 7.48. The molecule has 2 aromatic carbocycles. The maximum Gasteiger partial charge on any atom is 0.304 e. The predicted octanol–water partition coefficient (Wildman–Crippen LogP) is 5.13. The molecule has 1 atom stereocenters. The lowest BCUT2D eigenvalue weighted by molar-refractivity contribution is -0.140. The van der Waals surface area contributed by atoms with Crippen molar-refractivity contribution in [3.8, 4) is 11.3 Å². The minimum Gasteiger partial charge on any atom is -0.481 e. The quantitative estimate of drug-likeness (QED) is 0.535. The molecule has 0 fully saturated rings. The molecule has 28 heavy (non-hydrogen) atoms. The van der Waals surface area contributed by atoms with Crippen LogP contribution in [0.3, 0.4) is 0 Å². The highest BCUT2D eigenvalue weighted by Crippen LogP contribution is 2.30. The summed E-state index contributed by atoms with van der Waals surface area (Å²) in [6.07, 6.45) is 0.862. The average molecular weight is 415 g/mol. The summed E-state index contributed by atoms with van der Waals surface area (Å²) in [7, 11) is 0. The normalized spacial score (nSPS) is 11.8. The number of nitrogens with zero attached hydrogens (tertiary/aromatic N) is 1. The molecule has 144 valence electrons. The second-order valence-electron chi connectivity index (χ2n) is 6.33. The van der Waals surface area contributed by atoms with Gasteiger partial charge in [-0.15, -0.1) is 11.3 Å². The van der Waals surface area contributed by atoms with E-state index >= 15 is 0 Å². The van der Waals surface area contributed by atoms with Gasteiger partial charge in [-0.1, -0.05) is 60.1 Å². The number of benzene rings is 2. The lowest BCUT2D eigenvalue weighted by Crippen LogP contribution is -2.25. The van der Waals surface area contributed by atoms with Crippen LogP contribution >= 0.6 is 22.9 Å². The monoisotopic (exact) mass is 414 g/mol. The molecule has 3 rings (SSSR count). The third-order valence-electron chi connectivity index (χ3n) is 4.30. The molecule has 0 saturated carbocycles. The molecule has 1 amide bonds. The van der Waals surface area contributed by atoms with Crippen molar-refractivity contribution in [2.24, 2.45) is 5.92 Å². The Hall–Kier alpha value is -2.70. The van der Waals surface area contributed by atoms with Gasteiger partial charge in [0, 0.05) is 21.9 Å². The maximum atomic E-state index is 12.6. The minimum atomic E-state index is -0.996. The third-order valence-corrected chi connectivity index (χ3v) is 5.39. The second-order valence-corrected chi connectivity index (χ2v) is 7.59. The summed E-state index contributed by atoms with van der Waals surface area (Å²) in [6.45, 7) is 0. The van der Waals surface area contributed by atoms with Crippen LogP contribution in [0.5, 0.6) is 0 Å². The summed E-state index contributed by atoms with van der Waals surface area (Å²) < 4.78 is 0. The molecular weight excluding hydrogens is 396 g/mol. The fourth-order valence-corrected chi connectivity index (χ4v) is 3.80. The number of hydrogen-bond acceptors (Lipinski definition) is 4. The lowest BCUT2D eigenvalue weighted by Gasteiger charge is -2.14. The summed E-state index contributed by atoms with van der Waals surface area (Å²) in [5.41, 5.74) is 2.53. The Kier molecular flexibility index (Phi) is 6.79. The zero-order valence-electron chi connectivity index (χ0n) is 15.0. The first kappa shape index (κ1) is 20.0. The topological polar surface area (TPSA) is 79.3 Å². The first-order chi connectivity index (χ1) is 13.5. The van der Waals surface area contributed by atoms with Crippen LogP contribution in [0.25, 0.3) is 11.3 Å². The predicted molar refractivity (Wildman–Crippen MR) is 112 cm³/mol. The van der Waals surface area contributed by atoms with Crippen LogP contribution in [0.2, 0.25) is 5.02 Å². The van der Waals surface area contributed by atoms with Crippen LogP contribution in [-0.4, -0.2) is 22.0 Å². The number of rotatable bonds is 8. The van der Waals surface area contributed by atoms with Crippen LogP contribution < -0.4 is 5.32 Å². The molecule has 0 bridgehead atoms. The number of nitrogens with one attached hydrogen (secondary N) is 1. The summed E-state index contributed by atoms with van der Waals surface area (Å²) in [4.78, 5) is 28.3. The van der Waals surface area contributed by atoms with E-state index in [1.54, 1.807) is 6.07 Å². The zero-order valence-corrected chi connectivity index (χ0v) is 16.5. The molecule has 3 aromatic rings. The zero-order chi connectivity index (χ0) is 19.9.